The molecule has 1 saturated heterocycles. The minimum atomic E-state index is -0.129. The molecule has 136 valence electrons. The smallest absolute Gasteiger partial charge is 0.263 e. The van der Waals surface area contributed by atoms with Gasteiger partial charge in [-0.15, -0.1) is 22.7 Å². The molecule has 0 aromatic carbocycles. The minimum Gasteiger partial charge on any atom is -0.341 e. The number of fused-ring (bicyclic) bond motifs is 1. The van der Waals surface area contributed by atoms with E-state index in [2.05, 4.69) is 24.9 Å². The molecule has 0 saturated carbocycles. The van der Waals surface area contributed by atoms with Gasteiger partial charge in [0, 0.05) is 33.8 Å². The zero-order valence-electron chi connectivity index (χ0n) is 14.9. The van der Waals surface area contributed by atoms with E-state index < -0.39 is 0 Å². The fraction of sp³-hybridized carbons (Fsp3) is 0.421. The quantitative estimate of drug-likeness (QED) is 0.688. The summed E-state index contributed by atoms with van der Waals surface area (Å²) >= 11 is 3.14. The highest BCUT2D eigenvalue weighted by Gasteiger charge is 2.22. The third-order valence-electron chi connectivity index (χ3n) is 4.88. The molecule has 7 heteroatoms. The molecule has 0 spiro atoms. The molecule has 1 aliphatic rings. The highest BCUT2D eigenvalue weighted by atomic mass is 32.1. The van der Waals surface area contributed by atoms with Crippen LogP contribution < -0.4 is 5.56 Å². The van der Waals surface area contributed by atoms with Crippen LogP contribution in [0.5, 0.6) is 0 Å². The van der Waals surface area contributed by atoms with Crippen LogP contribution in [0, 0.1) is 12.8 Å². The number of amides is 1. The second-order valence-corrected chi connectivity index (χ2v) is 9.15. The van der Waals surface area contributed by atoms with Crippen molar-refractivity contribution >= 4 is 38.8 Å². The van der Waals surface area contributed by atoms with Crippen LogP contribution in [-0.4, -0.2) is 33.4 Å². The molecule has 1 amide bonds. The summed E-state index contributed by atoms with van der Waals surface area (Å²) in [6.45, 7) is 5.85. The summed E-state index contributed by atoms with van der Waals surface area (Å²) in [6, 6.07) is 4.10. The minimum absolute atomic E-state index is 0.00328. The maximum atomic E-state index is 13.0. The summed E-state index contributed by atoms with van der Waals surface area (Å²) in [4.78, 5) is 35.0. The van der Waals surface area contributed by atoms with E-state index >= 15 is 0 Å². The number of piperidine rings is 1. The zero-order chi connectivity index (χ0) is 18.3. The molecule has 3 aromatic rings. The molecule has 4 rings (SSSR count). The first-order chi connectivity index (χ1) is 12.5. The number of carbonyl (C=O) groups is 1. The summed E-state index contributed by atoms with van der Waals surface area (Å²) < 4.78 is 1.46. The Morgan fingerprint density at radius 2 is 2.23 bits per heavy atom. The third-order valence-corrected chi connectivity index (χ3v) is 6.80. The number of nitrogens with zero attached hydrogens (tertiary/aromatic N) is 3. The van der Waals surface area contributed by atoms with Crippen LogP contribution in [0.3, 0.4) is 0 Å². The summed E-state index contributed by atoms with van der Waals surface area (Å²) in [7, 11) is 0. The van der Waals surface area contributed by atoms with Crippen LogP contribution >= 0.6 is 22.7 Å². The SMILES string of the molecule is Cc1ccc(-c2csc3ncn(CC(=O)N4CCC[C@H](C)C4)c(=O)c23)s1. The molecule has 5 nitrogen and oxygen atoms in total. The van der Waals surface area contributed by atoms with Gasteiger partial charge < -0.3 is 4.90 Å². The number of aromatic nitrogens is 2. The Morgan fingerprint density at radius 1 is 1.38 bits per heavy atom. The Morgan fingerprint density at radius 3 is 2.96 bits per heavy atom. The van der Waals surface area contributed by atoms with Gasteiger partial charge >= 0.3 is 0 Å². The Bertz CT molecular complexity index is 1020. The molecule has 26 heavy (non-hydrogen) atoms. The Hall–Kier alpha value is -1.99. The van der Waals surface area contributed by atoms with Crippen molar-refractivity contribution in [2.45, 2.75) is 33.2 Å². The van der Waals surface area contributed by atoms with Crippen molar-refractivity contribution in [3.05, 3.63) is 39.1 Å². The standard InChI is InChI=1S/C19H21N3O2S2/c1-12-4-3-7-21(8-12)16(23)9-22-11-20-18-17(19(22)24)14(10-25-18)15-6-5-13(2)26-15/h5-6,10-12H,3-4,7-9H2,1-2H3/t12-/m0/s1. The molecule has 1 aliphatic heterocycles. The van der Waals surface area contributed by atoms with Crippen molar-refractivity contribution in [1.82, 2.24) is 14.5 Å². The number of aryl methyl sites for hydroxylation is 1. The number of carbonyl (C=O) groups excluding carboxylic acids is 1. The molecule has 3 aromatic heterocycles. The summed E-state index contributed by atoms with van der Waals surface area (Å²) in [6.07, 6.45) is 3.71. The maximum absolute atomic E-state index is 13.0. The second kappa shape index (κ2) is 6.96. The summed E-state index contributed by atoms with van der Waals surface area (Å²) in [5, 5.41) is 2.61. The molecule has 0 unspecified atom stereocenters. The van der Waals surface area contributed by atoms with E-state index in [0.29, 0.717) is 11.3 Å². The lowest BCUT2D eigenvalue weighted by atomic mass is 10.0. The number of likely N-dealkylation sites (tertiary alicyclic amines) is 1. The topological polar surface area (TPSA) is 55.2 Å². The second-order valence-electron chi connectivity index (χ2n) is 7.00. The van der Waals surface area contributed by atoms with E-state index in [1.54, 1.807) is 11.3 Å². The first-order valence-corrected chi connectivity index (χ1v) is 10.5. The van der Waals surface area contributed by atoms with E-state index in [1.807, 2.05) is 16.3 Å². The number of hydrogen-bond donors (Lipinski definition) is 0. The van der Waals surface area contributed by atoms with Crippen LogP contribution in [0.15, 0.2) is 28.6 Å². The van der Waals surface area contributed by atoms with Crippen molar-refractivity contribution in [3.8, 4) is 10.4 Å². The number of hydrogen-bond acceptors (Lipinski definition) is 5. The van der Waals surface area contributed by atoms with E-state index in [9.17, 15) is 9.59 Å². The van der Waals surface area contributed by atoms with Gasteiger partial charge in [0.25, 0.3) is 5.56 Å². The average Bonchev–Trinajstić information content (AvgIpc) is 3.23. The van der Waals surface area contributed by atoms with Crippen molar-refractivity contribution < 1.29 is 4.79 Å². The summed E-state index contributed by atoms with van der Waals surface area (Å²) in [5.41, 5.74) is 0.796. The fourth-order valence-corrected chi connectivity index (χ4v) is 5.36. The third kappa shape index (κ3) is 3.21. The van der Waals surface area contributed by atoms with Gasteiger partial charge in [-0.25, -0.2) is 4.98 Å². The molecule has 0 radical (unpaired) electrons. The molecular weight excluding hydrogens is 366 g/mol. The monoisotopic (exact) mass is 387 g/mol. The van der Waals surface area contributed by atoms with Gasteiger partial charge in [-0.05, 0) is 37.8 Å². The lowest BCUT2D eigenvalue weighted by molar-refractivity contribution is -0.133. The van der Waals surface area contributed by atoms with Crippen molar-refractivity contribution in [2.24, 2.45) is 5.92 Å². The van der Waals surface area contributed by atoms with Gasteiger partial charge in [0.1, 0.15) is 11.4 Å². The van der Waals surface area contributed by atoms with Crippen LogP contribution in [0.25, 0.3) is 20.7 Å². The zero-order valence-corrected chi connectivity index (χ0v) is 16.5. The van der Waals surface area contributed by atoms with E-state index in [4.69, 9.17) is 0 Å². The highest BCUT2D eigenvalue weighted by Crippen LogP contribution is 2.34. The van der Waals surface area contributed by atoms with Gasteiger partial charge in [-0.1, -0.05) is 6.92 Å². The Labute approximate surface area is 159 Å². The van der Waals surface area contributed by atoms with Crippen LogP contribution in [0.4, 0.5) is 0 Å². The van der Waals surface area contributed by atoms with Gasteiger partial charge in [0.2, 0.25) is 5.91 Å². The average molecular weight is 388 g/mol. The van der Waals surface area contributed by atoms with Gasteiger partial charge in [-0.3, -0.25) is 14.2 Å². The highest BCUT2D eigenvalue weighted by molar-refractivity contribution is 7.19. The molecule has 1 fully saturated rings. The molecule has 4 heterocycles. The summed E-state index contributed by atoms with van der Waals surface area (Å²) in [5.74, 6) is 0.527. The van der Waals surface area contributed by atoms with E-state index in [0.717, 1.165) is 41.2 Å². The molecule has 1 atom stereocenters. The van der Waals surface area contributed by atoms with Gasteiger partial charge in [0.15, 0.2) is 0 Å². The molecular formula is C19H21N3O2S2. The van der Waals surface area contributed by atoms with Crippen LogP contribution in [0.2, 0.25) is 0 Å². The van der Waals surface area contributed by atoms with Gasteiger partial charge in [0.05, 0.1) is 11.7 Å². The predicted octanol–water partition coefficient (Wildman–Crippen LogP) is 3.75. The lowest BCUT2D eigenvalue weighted by Crippen LogP contribution is -2.42. The lowest BCUT2D eigenvalue weighted by Gasteiger charge is -2.31. The van der Waals surface area contributed by atoms with E-state index in [-0.39, 0.29) is 18.0 Å². The van der Waals surface area contributed by atoms with Crippen LogP contribution in [-0.2, 0) is 11.3 Å². The maximum Gasteiger partial charge on any atom is 0.263 e. The molecule has 0 N–H and O–H groups in total. The van der Waals surface area contributed by atoms with Crippen LogP contribution in [0.1, 0.15) is 24.6 Å². The van der Waals surface area contributed by atoms with Crippen molar-refractivity contribution in [2.75, 3.05) is 13.1 Å². The number of rotatable bonds is 3. The first kappa shape index (κ1) is 17.4. The molecule has 0 bridgehead atoms. The number of thiophene rings is 2. The first-order valence-electron chi connectivity index (χ1n) is 8.84. The van der Waals surface area contributed by atoms with Crippen molar-refractivity contribution in [3.63, 3.8) is 0 Å². The largest absolute Gasteiger partial charge is 0.341 e. The predicted molar refractivity (Wildman–Crippen MR) is 107 cm³/mol. The fourth-order valence-electron chi connectivity index (χ4n) is 3.50. The Balaban J connectivity index is 1.67. The molecule has 0 aliphatic carbocycles. The Kier molecular flexibility index (Phi) is 4.67. The van der Waals surface area contributed by atoms with E-state index in [1.165, 1.54) is 27.1 Å². The normalized spacial score (nSPS) is 17.8. The van der Waals surface area contributed by atoms with Crippen molar-refractivity contribution in [1.29, 1.82) is 0 Å². The van der Waals surface area contributed by atoms with Gasteiger partial charge in [-0.2, -0.15) is 0 Å².